The highest BCUT2D eigenvalue weighted by Gasteiger charge is 2.39. The number of aliphatic hydroxyl groups is 1. The predicted octanol–water partition coefficient (Wildman–Crippen LogP) is 3.69. The molecule has 2 bridgehead atoms. The van der Waals surface area contributed by atoms with E-state index in [-0.39, 0.29) is 5.82 Å². The van der Waals surface area contributed by atoms with Gasteiger partial charge >= 0.3 is 0 Å². The van der Waals surface area contributed by atoms with Crippen molar-refractivity contribution in [1.82, 2.24) is 0 Å². The van der Waals surface area contributed by atoms with Crippen molar-refractivity contribution < 1.29 is 14.2 Å². The maximum atomic E-state index is 13.3. The fourth-order valence-electron chi connectivity index (χ4n) is 3.76. The lowest BCUT2D eigenvalue weighted by atomic mass is 9.89. The number of halogens is 1. The largest absolute Gasteiger partial charge is 0.493 e. The van der Waals surface area contributed by atoms with Crippen LogP contribution < -0.4 is 4.74 Å². The lowest BCUT2D eigenvalue weighted by Crippen LogP contribution is -2.19. The molecule has 2 saturated carbocycles. The van der Waals surface area contributed by atoms with E-state index in [9.17, 15) is 9.50 Å². The Bertz CT molecular complexity index is 458. The van der Waals surface area contributed by atoms with Crippen LogP contribution in [-0.2, 0) is 0 Å². The molecular formula is C16H21FO2. The number of fused-ring (bicyclic) bond motifs is 2. The molecule has 104 valence electrons. The van der Waals surface area contributed by atoms with Gasteiger partial charge in [0.2, 0.25) is 0 Å². The van der Waals surface area contributed by atoms with Crippen LogP contribution in [0.1, 0.15) is 44.3 Å². The first-order chi connectivity index (χ1) is 9.13. The molecule has 1 aromatic rings. The molecule has 2 aliphatic carbocycles. The molecule has 2 nitrogen and oxygen atoms in total. The number of rotatable bonds is 4. The predicted molar refractivity (Wildman–Crippen MR) is 71.5 cm³/mol. The van der Waals surface area contributed by atoms with Gasteiger partial charge in [-0.05, 0) is 56.1 Å². The van der Waals surface area contributed by atoms with E-state index in [0.717, 1.165) is 11.8 Å². The van der Waals surface area contributed by atoms with Crippen LogP contribution >= 0.6 is 0 Å². The zero-order valence-electron chi connectivity index (χ0n) is 11.3. The molecule has 4 atom stereocenters. The van der Waals surface area contributed by atoms with Crippen molar-refractivity contribution in [1.29, 1.82) is 0 Å². The lowest BCUT2D eigenvalue weighted by molar-refractivity contribution is 0.172. The summed E-state index contributed by atoms with van der Waals surface area (Å²) in [6.45, 7) is 2.34. The highest BCUT2D eigenvalue weighted by Crippen LogP contribution is 2.48. The molecule has 0 heterocycles. The summed E-state index contributed by atoms with van der Waals surface area (Å²) >= 11 is 0. The third-order valence-corrected chi connectivity index (χ3v) is 4.76. The Balaban J connectivity index is 1.67. The molecule has 1 N–H and O–H groups in total. The van der Waals surface area contributed by atoms with E-state index in [1.807, 2.05) is 0 Å². The minimum absolute atomic E-state index is 0.313. The molecule has 0 saturated heterocycles. The molecule has 0 aliphatic heterocycles. The minimum atomic E-state index is -0.629. The SMILES string of the molecule is C[C@H](O)c1ccc(F)cc1OCC1CC2CCC1C2. The molecule has 19 heavy (non-hydrogen) atoms. The highest BCUT2D eigenvalue weighted by molar-refractivity contribution is 5.35. The number of hydrogen-bond donors (Lipinski definition) is 1. The second kappa shape index (κ2) is 5.12. The average Bonchev–Trinajstić information content (AvgIpc) is 2.98. The fourth-order valence-corrected chi connectivity index (χ4v) is 3.76. The summed E-state index contributed by atoms with van der Waals surface area (Å²) in [6.07, 6.45) is 4.67. The molecular weight excluding hydrogens is 243 g/mol. The minimum Gasteiger partial charge on any atom is -0.493 e. The Morgan fingerprint density at radius 2 is 2.21 bits per heavy atom. The van der Waals surface area contributed by atoms with Crippen molar-refractivity contribution in [2.75, 3.05) is 6.61 Å². The molecule has 3 heteroatoms. The Morgan fingerprint density at radius 3 is 2.84 bits per heavy atom. The molecule has 1 aromatic carbocycles. The van der Waals surface area contributed by atoms with Crippen molar-refractivity contribution in [3.05, 3.63) is 29.6 Å². The van der Waals surface area contributed by atoms with Gasteiger partial charge in [-0.3, -0.25) is 0 Å². The summed E-state index contributed by atoms with van der Waals surface area (Å²) < 4.78 is 19.1. The van der Waals surface area contributed by atoms with E-state index in [2.05, 4.69) is 0 Å². The van der Waals surface area contributed by atoms with Crippen molar-refractivity contribution >= 4 is 0 Å². The van der Waals surface area contributed by atoms with Crippen molar-refractivity contribution in [2.45, 2.75) is 38.7 Å². The Kier molecular flexibility index (Phi) is 3.48. The second-order valence-corrected chi connectivity index (χ2v) is 6.10. The molecule has 0 aromatic heterocycles. The summed E-state index contributed by atoms with van der Waals surface area (Å²) in [6, 6.07) is 4.36. The smallest absolute Gasteiger partial charge is 0.128 e. The van der Waals surface area contributed by atoms with E-state index in [1.165, 1.54) is 37.8 Å². The third kappa shape index (κ3) is 2.62. The average molecular weight is 264 g/mol. The first-order valence-corrected chi connectivity index (χ1v) is 7.24. The molecule has 0 spiro atoms. The van der Waals surface area contributed by atoms with Gasteiger partial charge in [-0.2, -0.15) is 0 Å². The fraction of sp³-hybridized carbons (Fsp3) is 0.625. The van der Waals surface area contributed by atoms with Gasteiger partial charge in [0.25, 0.3) is 0 Å². The zero-order valence-corrected chi connectivity index (χ0v) is 11.3. The first-order valence-electron chi connectivity index (χ1n) is 7.24. The standard InChI is InChI=1S/C16H21FO2/c1-10(18)15-5-4-14(17)8-16(15)19-9-13-7-11-2-3-12(13)6-11/h4-5,8,10-13,18H,2-3,6-7,9H2,1H3/t10-,11?,12?,13?/m0/s1. The van der Waals surface area contributed by atoms with Gasteiger partial charge in [0.05, 0.1) is 12.7 Å². The van der Waals surface area contributed by atoms with Gasteiger partial charge in [-0.1, -0.05) is 6.42 Å². The molecule has 3 unspecified atom stereocenters. The van der Waals surface area contributed by atoms with Crippen LogP contribution in [0.3, 0.4) is 0 Å². The van der Waals surface area contributed by atoms with Gasteiger partial charge in [0, 0.05) is 11.6 Å². The van der Waals surface area contributed by atoms with Crippen LogP contribution in [0.2, 0.25) is 0 Å². The second-order valence-electron chi connectivity index (χ2n) is 6.10. The van der Waals surface area contributed by atoms with Crippen LogP contribution in [0.25, 0.3) is 0 Å². The topological polar surface area (TPSA) is 29.5 Å². The summed E-state index contributed by atoms with van der Waals surface area (Å²) in [4.78, 5) is 0. The number of hydrogen-bond acceptors (Lipinski definition) is 2. The van der Waals surface area contributed by atoms with Crippen molar-refractivity contribution in [3.8, 4) is 5.75 Å². The zero-order chi connectivity index (χ0) is 13.4. The first kappa shape index (κ1) is 12.9. The highest BCUT2D eigenvalue weighted by atomic mass is 19.1. The lowest BCUT2D eigenvalue weighted by Gasteiger charge is -2.23. The quantitative estimate of drug-likeness (QED) is 0.898. The van der Waals surface area contributed by atoms with E-state index < -0.39 is 6.10 Å². The van der Waals surface area contributed by atoms with Crippen LogP contribution in [0, 0.1) is 23.6 Å². The van der Waals surface area contributed by atoms with Gasteiger partial charge in [-0.25, -0.2) is 4.39 Å². The van der Waals surface area contributed by atoms with E-state index in [0.29, 0.717) is 23.8 Å². The Hall–Kier alpha value is -1.09. The van der Waals surface area contributed by atoms with Gasteiger partial charge in [-0.15, -0.1) is 0 Å². The van der Waals surface area contributed by atoms with Crippen LogP contribution in [0.5, 0.6) is 5.75 Å². The molecule has 0 radical (unpaired) electrons. The van der Waals surface area contributed by atoms with E-state index in [1.54, 1.807) is 13.0 Å². The number of aliphatic hydroxyl groups excluding tert-OH is 1. The van der Waals surface area contributed by atoms with Crippen molar-refractivity contribution in [2.24, 2.45) is 17.8 Å². The van der Waals surface area contributed by atoms with Crippen molar-refractivity contribution in [3.63, 3.8) is 0 Å². The summed E-state index contributed by atoms with van der Waals surface area (Å²) in [5.41, 5.74) is 0.671. The van der Waals surface area contributed by atoms with E-state index >= 15 is 0 Å². The van der Waals surface area contributed by atoms with Gasteiger partial charge < -0.3 is 9.84 Å². The summed E-state index contributed by atoms with van der Waals surface area (Å²) in [5, 5.41) is 9.69. The van der Waals surface area contributed by atoms with Gasteiger partial charge in [0.1, 0.15) is 11.6 Å². The third-order valence-electron chi connectivity index (χ3n) is 4.76. The Morgan fingerprint density at radius 1 is 1.37 bits per heavy atom. The number of benzene rings is 1. The summed E-state index contributed by atoms with van der Waals surface area (Å²) in [7, 11) is 0. The summed E-state index contributed by atoms with van der Waals surface area (Å²) in [5.74, 6) is 2.49. The van der Waals surface area contributed by atoms with Crippen LogP contribution in [0.15, 0.2) is 18.2 Å². The van der Waals surface area contributed by atoms with Crippen LogP contribution in [-0.4, -0.2) is 11.7 Å². The van der Waals surface area contributed by atoms with Crippen LogP contribution in [0.4, 0.5) is 4.39 Å². The molecule has 0 amide bonds. The van der Waals surface area contributed by atoms with Gasteiger partial charge in [0.15, 0.2) is 0 Å². The Labute approximate surface area is 113 Å². The molecule has 2 fully saturated rings. The molecule has 2 aliphatic rings. The van der Waals surface area contributed by atoms with E-state index in [4.69, 9.17) is 4.74 Å². The molecule has 3 rings (SSSR count). The monoisotopic (exact) mass is 264 g/mol. The maximum absolute atomic E-state index is 13.3. The number of ether oxygens (including phenoxy) is 1. The normalized spacial score (nSPS) is 30.6. The maximum Gasteiger partial charge on any atom is 0.128 e.